The fourth-order valence-corrected chi connectivity index (χ4v) is 5.61. The molecule has 1 aliphatic heterocycles. The van der Waals surface area contributed by atoms with Crippen molar-refractivity contribution in [2.45, 2.75) is 45.2 Å². The van der Waals surface area contributed by atoms with Gasteiger partial charge in [-0.25, -0.2) is 4.98 Å². The number of thiazole rings is 1. The van der Waals surface area contributed by atoms with Gasteiger partial charge in [-0.3, -0.25) is 14.6 Å². The van der Waals surface area contributed by atoms with E-state index in [-0.39, 0.29) is 5.91 Å². The van der Waals surface area contributed by atoms with Crippen LogP contribution in [0.4, 0.5) is 5.13 Å². The van der Waals surface area contributed by atoms with Gasteiger partial charge >= 0.3 is 0 Å². The van der Waals surface area contributed by atoms with Crippen LogP contribution in [0.25, 0.3) is 0 Å². The van der Waals surface area contributed by atoms with Crippen molar-refractivity contribution in [3.63, 3.8) is 0 Å². The minimum absolute atomic E-state index is 0.143. The van der Waals surface area contributed by atoms with Crippen molar-refractivity contribution in [3.05, 3.63) is 81.9 Å². The zero-order valence-corrected chi connectivity index (χ0v) is 18.0. The average molecular weight is 418 g/mol. The summed E-state index contributed by atoms with van der Waals surface area (Å²) in [5.74, 6) is 0.143. The van der Waals surface area contributed by atoms with Crippen molar-refractivity contribution in [1.29, 1.82) is 0 Å². The first kappa shape index (κ1) is 19.5. The highest BCUT2D eigenvalue weighted by Crippen LogP contribution is 2.33. The van der Waals surface area contributed by atoms with Gasteiger partial charge < -0.3 is 0 Å². The first-order valence-corrected chi connectivity index (χ1v) is 11.7. The zero-order valence-electron chi connectivity index (χ0n) is 17.2. The van der Waals surface area contributed by atoms with Crippen LogP contribution in [0.2, 0.25) is 0 Å². The third-order valence-corrected chi connectivity index (χ3v) is 7.30. The number of aromatic nitrogens is 1. The summed E-state index contributed by atoms with van der Waals surface area (Å²) in [5, 5.41) is 0.869. The molecule has 0 spiro atoms. The third-order valence-electron chi connectivity index (χ3n) is 6.12. The quantitative estimate of drug-likeness (QED) is 0.608. The molecule has 0 fully saturated rings. The molecule has 1 amide bonds. The lowest BCUT2D eigenvalue weighted by Gasteiger charge is -2.30. The monoisotopic (exact) mass is 417 g/mol. The van der Waals surface area contributed by atoms with Crippen LogP contribution in [0.5, 0.6) is 0 Å². The molecule has 3 aromatic rings. The second-order valence-electron chi connectivity index (χ2n) is 8.27. The molecule has 4 nitrogen and oxygen atoms in total. The number of anilines is 1. The van der Waals surface area contributed by atoms with Crippen LogP contribution in [0.3, 0.4) is 0 Å². The number of hydrogen-bond donors (Lipinski definition) is 0. The minimum Gasteiger partial charge on any atom is -0.290 e. The highest BCUT2D eigenvalue weighted by atomic mass is 32.1. The summed E-state index contributed by atoms with van der Waals surface area (Å²) in [6.07, 6.45) is 5.59. The molecule has 0 N–H and O–H groups in total. The summed E-state index contributed by atoms with van der Waals surface area (Å²) in [4.78, 5) is 24.0. The molecule has 0 bridgehead atoms. The molecule has 154 valence electrons. The number of amides is 1. The van der Waals surface area contributed by atoms with E-state index in [1.54, 1.807) is 11.3 Å². The molecule has 2 heterocycles. The normalized spacial score (nSPS) is 16.0. The van der Waals surface area contributed by atoms with Gasteiger partial charge in [0.15, 0.2) is 5.13 Å². The van der Waals surface area contributed by atoms with Crippen molar-refractivity contribution in [1.82, 2.24) is 9.88 Å². The van der Waals surface area contributed by atoms with Crippen molar-refractivity contribution in [3.8, 4) is 0 Å². The van der Waals surface area contributed by atoms with Crippen LogP contribution in [0.1, 0.15) is 40.1 Å². The molecule has 0 atom stereocenters. The van der Waals surface area contributed by atoms with Gasteiger partial charge in [-0.15, -0.1) is 11.3 Å². The number of benzene rings is 2. The van der Waals surface area contributed by atoms with E-state index in [1.165, 1.54) is 34.5 Å². The maximum Gasteiger partial charge on any atom is 0.243 e. The van der Waals surface area contributed by atoms with Crippen molar-refractivity contribution < 1.29 is 4.79 Å². The Bertz CT molecular complexity index is 1010. The molecule has 2 aliphatic rings. The molecular formula is C25H27N3OS. The Labute approximate surface area is 182 Å². The number of nitrogens with zero attached hydrogens (tertiary/aromatic N) is 3. The maximum absolute atomic E-state index is 13.5. The third kappa shape index (κ3) is 4.18. The summed E-state index contributed by atoms with van der Waals surface area (Å²) in [5.41, 5.74) is 5.10. The predicted molar refractivity (Wildman–Crippen MR) is 122 cm³/mol. The zero-order chi connectivity index (χ0) is 20.3. The van der Waals surface area contributed by atoms with E-state index in [0.29, 0.717) is 13.1 Å². The fraction of sp³-hybridized carbons (Fsp3) is 0.360. The van der Waals surface area contributed by atoms with Gasteiger partial charge in [-0.1, -0.05) is 54.6 Å². The lowest BCUT2D eigenvalue weighted by atomic mass is 10.00. The Hall–Kier alpha value is -2.50. The van der Waals surface area contributed by atoms with Crippen molar-refractivity contribution in [2.75, 3.05) is 18.0 Å². The summed E-state index contributed by atoms with van der Waals surface area (Å²) in [6.45, 7) is 2.79. The molecule has 0 unspecified atom stereocenters. The second-order valence-corrected chi connectivity index (χ2v) is 9.33. The predicted octanol–water partition coefficient (Wildman–Crippen LogP) is 4.61. The molecule has 0 saturated heterocycles. The van der Waals surface area contributed by atoms with Crippen LogP contribution in [-0.4, -0.2) is 28.9 Å². The lowest BCUT2D eigenvalue weighted by Crippen LogP contribution is -2.42. The first-order valence-electron chi connectivity index (χ1n) is 10.9. The number of fused-ring (bicyclic) bond motifs is 2. The van der Waals surface area contributed by atoms with E-state index in [2.05, 4.69) is 41.3 Å². The first-order chi connectivity index (χ1) is 14.8. The van der Waals surface area contributed by atoms with Gasteiger partial charge in [0.2, 0.25) is 5.91 Å². The van der Waals surface area contributed by atoms with Gasteiger partial charge in [0, 0.05) is 18.0 Å². The molecule has 1 aromatic heterocycles. The lowest BCUT2D eigenvalue weighted by molar-refractivity contribution is -0.120. The van der Waals surface area contributed by atoms with Crippen LogP contribution in [0, 0.1) is 0 Å². The Balaban J connectivity index is 1.37. The number of rotatable bonds is 5. The topological polar surface area (TPSA) is 36.4 Å². The Morgan fingerprint density at radius 3 is 2.57 bits per heavy atom. The van der Waals surface area contributed by atoms with Crippen LogP contribution in [0.15, 0.2) is 54.6 Å². The molecule has 5 heteroatoms. The van der Waals surface area contributed by atoms with E-state index in [4.69, 9.17) is 4.98 Å². The van der Waals surface area contributed by atoms with E-state index < -0.39 is 0 Å². The van der Waals surface area contributed by atoms with Gasteiger partial charge in [0.1, 0.15) is 0 Å². The van der Waals surface area contributed by atoms with Crippen molar-refractivity contribution >= 4 is 22.4 Å². The van der Waals surface area contributed by atoms with Crippen molar-refractivity contribution in [2.24, 2.45) is 0 Å². The number of hydrogen-bond acceptors (Lipinski definition) is 4. The summed E-state index contributed by atoms with van der Waals surface area (Å²) in [7, 11) is 0. The van der Waals surface area contributed by atoms with Gasteiger partial charge in [-0.05, 0) is 48.8 Å². The average Bonchev–Trinajstić information content (AvgIpc) is 3.22. The minimum atomic E-state index is 0.143. The Morgan fingerprint density at radius 1 is 0.967 bits per heavy atom. The number of carbonyl (C=O) groups excluding carboxylic acids is 1. The highest BCUT2D eigenvalue weighted by molar-refractivity contribution is 7.15. The molecule has 5 rings (SSSR count). The van der Waals surface area contributed by atoms with E-state index in [0.717, 1.165) is 43.0 Å². The van der Waals surface area contributed by atoms with Crippen LogP contribution < -0.4 is 4.90 Å². The van der Waals surface area contributed by atoms with E-state index in [9.17, 15) is 4.79 Å². The standard InChI is InChI=1S/C25H27N3OS/c29-24(18-27-15-14-20-10-4-5-11-21(20)17-27)28(16-19-8-2-1-3-9-19)25-26-22-12-6-7-13-23(22)30-25/h1-5,8-11H,6-7,12-18H2. The maximum atomic E-state index is 13.5. The molecule has 0 saturated carbocycles. The summed E-state index contributed by atoms with van der Waals surface area (Å²) < 4.78 is 0. The Kier molecular flexibility index (Phi) is 5.65. The van der Waals surface area contributed by atoms with Gasteiger partial charge in [0.25, 0.3) is 0 Å². The molecule has 0 radical (unpaired) electrons. The number of carbonyl (C=O) groups is 1. The van der Waals surface area contributed by atoms with Crippen LogP contribution >= 0.6 is 11.3 Å². The second kappa shape index (κ2) is 8.70. The molecule has 2 aromatic carbocycles. The Morgan fingerprint density at radius 2 is 1.73 bits per heavy atom. The fourth-order valence-electron chi connectivity index (χ4n) is 4.45. The van der Waals surface area contributed by atoms with E-state index in [1.807, 2.05) is 23.1 Å². The van der Waals surface area contributed by atoms with Gasteiger partial charge in [0.05, 0.1) is 18.8 Å². The smallest absolute Gasteiger partial charge is 0.243 e. The van der Waals surface area contributed by atoms with Crippen LogP contribution in [-0.2, 0) is 37.1 Å². The van der Waals surface area contributed by atoms with E-state index >= 15 is 0 Å². The van der Waals surface area contributed by atoms with Gasteiger partial charge in [-0.2, -0.15) is 0 Å². The SMILES string of the molecule is O=C(CN1CCc2ccccc2C1)N(Cc1ccccc1)c1nc2c(s1)CCCC2. The summed E-state index contributed by atoms with van der Waals surface area (Å²) >= 11 is 1.72. The molecule has 1 aliphatic carbocycles. The number of aryl methyl sites for hydroxylation is 2. The molecule has 30 heavy (non-hydrogen) atoms. The largest absolute Gasteiger partial charge is 0.290 e. The highest BCUT2D eigenvalue weighted by Gasteiger charge is 2.26. The summed E-state index contributed by atoms with van der Waals surface area (Å²) in [6, 6.07) is 18.8. The molecular weight excluding hydrogens is 390 g/mol.